The third-order valence-electron chi connectivity index (χ3n) is 3.27. The molecule has 0 saturated carbocycles. The molecule has 0 amide bonds. The van der Waals surface area contributed by atoms with E-state index in [1.807, 2.05) is 4.90 Å². The van der Waals surface area contributed by atoms with E-state index in [4.69, 9.17) is 9.15 Å². The highest BCUT2D eigenvalue weighted by atomic mass is 16.6. The maximum atomic E-state index is 11.7. The molecular weight excluding hydrogens is 252 g/mol. The van der Waals surface area contributed by atoms with Crippen LogP contribution >= 0.6 is 0 Å². The monoisotopic (exact) mass is 268 g/mol. The van der Waals surface area contributed by atoms with Crippen molar-refractivity contribution >= 4 is 11.9 Å². The van der Waals surface area contributed by atoms with E-state index in [-0.39, 0.29) is 17.9 Å². The summed E-state index contributed by atoms with van der Waals surface area (Å²) < 4.78 is 9.90. The molecule has 1 saturated heterocycles. The lowest BCUT2D eigenvalue weighted by molar-refractivity contribution is -0.402. The largest absolute Gasteiger partial charge is 0.468 e. The number of piperidine rings is 1. The van der Waals surface area contributed by atoms with Crippen LogP contribution in [0.5, 0.6) is 0 Å². The summed E-state index contributed by atoms with van der Waals surface area (Å²) in [5, 5.41) is 10.5. The molecule has 0 N–H and O–H groups in total. The highest BCUT2D eigenvalue weighted by Crippen LogP contribution is 2.23. The number of esters is 1. The Bertz CT molecular complexity index is 470. The summed E-state index contributed by atoms with van der Waals surface area (Å²) >= 11 is 0. The molecule has 7 heteroatoms. The quantitative estimate of drug-likeness (QED) is 0.469. The maximum Gasteiger partial charge on any atom is 0.433 e. The van der Waals surface area contributed by atoms with Crippen LogP contribution < -0.4 is 0 Å². The van der Waals surface area contributed by atoms with Crippen molar-refractivity contribution in [1.82, 2.24) is 4.90 Å². The van der Waals surface area contributed by atoms with E-state index in [2.05, 4.69) is 0 Å². The number of hydrogen-bond donors (Lipinski definition) is 0. The molecule has 1 aliphatic rings. The van der Waals surface area contributed by atoms with Gasteiger partial charge in [-0.15, -0.1) is 0 Å². The van der Waals surface area contributed by atoms with Crippen molar-refractivity contribution in [3.63, 3.8) is 0 Å². The molecule has 1 aromatic heterocycles. The predicted octanol–water partition coefficient (Wildman–Crippen LogP) is 1.72. The smallest absolute Gasteiger partial charge is 0.433 e. The Balaban J connectivity index is 2.06. The molecule has 0 spiro atoms. The summed E-state index contributed by atoms with van der Waals surface area (Å²) in [6.45, 7) is 1.14. The van der Waals surface area contributed by atoms with Crippen LogP contribution in [0.4, 0.5) is 5.88 Å². The van der Waals surface area contributed by atoms with Crippen LogP contribution in [0.25, 0.3) is 0 Å². The summed E-state index contributed by atoms with van der Waals surface area (Å²) in [6.07, 6.45) is 2.72. The predicted molar refractivity (Wildman–Crippen MR) is 65.4 cm³/mol. The minimum atomic E-state index is -0.572. The van der Waals surface area contributed by atoms with Crippen molar-refractivity contribution < 1.29 is 18.9 Å². The summed E-state index contributed by atoms with van der Waals surface area (Å²) in [6, 6.07) is 2.61. The van der Waals surface area contributed by atoms with Crippen molar-refractivity contribution in [2.45, 2.75) is 31.8 Å². The first-order chi connectivity index (χ1) is 9.11. The number of rotatable bonds is 4. The Kier molecular flexibility index (Phi) is 4.16. The molecule has 2 heterocycles. The van der Waals surface area contributed by atoms with Gasteiger partial charge in [-0.3, -0.25) is 19.8 Å². The second-order valence-corrected chi connectivity index (χ2v) is 4.50. The van der Waals surface area contributed by atoms with Crippen molar-refractivity contribution in [2.75, 3.05) is 13.7 Å². The van der Waals surface area contributed by atoms with E-state index in [9.17, 15) is 14.9 Å². The fraction of sp³-hybridized carbons (Fsp3) is 0.583. The lowest BCUT2D eigenvalue weighted by atomic mass is 10.0. The highest BCUT2D eigenvalue weighted by Gasteiger charge is 2.30. The van der Waals surface area contributed by atoms with E-state index in [1.165, 1.54) is 13.2 Å². The molecular formula is C12H16N2O5. The maximum absolute atomic E-state index is 11.7. The lowest BCUT2D eigenvalue weighted by Gasteiger charge is -2.32. The van der Waals surface area contributed by atoms with Gasteiger partial charge in [-0.05, 0) is 25.5 Å². The third-order valence-corrected chi connectivity index (χ3v) is 3.27. The summed E-state index contributed by atoms with van der Waals surface area (Å²) in [5.74, 6) is -0.0510. The Morgan fingerprint density at radius 2 is 2.37 bits per heavy atom. The van der Waals surface area contributed by atoms with E-state index < -0.39 is 4.92 Å². The highest BCUT2D eigenvalue weighted by molar-refractivity contribution is 5.75. The first-order valence-electron chi connectivity index (χ1n) is 6.17. The van der Waals surface area contributed by atoms with Crippen LogP contribution in [0.1, 0.15) is 25.0 Å². The Hall–Kier alpha value is -1.89. The molecule has 1 fully saturated rings. The standard InChI is InChI=1S/C12H16N2O5/c1-18-12(15)10-4-2-3-7-13(10)8-9-5-6-11(19-9)14(16)17/h5-6,10H,2-4,7-8H2,1H3. The number of likely N-dealkylation sites (tertiary alicyclic amines) is 1. The summed E-state index contributed by atoms with van der Waals surface area (Å²) in [7, 11) is 1.37. The number of ether oxygens (including phenoxy) is 1. The molecule has 1 unspecified atom stereocenters. The zero-order chi connectivity index (χ0) is 13.8. The fourth-order valence-electron chi connectivity index (χ4n) is 2.33. The van der Waals surface area contributed by atoms with E-state index in [0.717, 1.165) is 25.8 Å². The van der Waals surface area contributed by atoms with Gasteiger partial charge < -0.3 is 9.15 Å². The van der Waals surface area contributed by atoms with Gasteiger partial charge in [-0.1, -0.05) is 6.42 Å². The van der Waals surface area contributed by atoms with Crippen LogP contribution in [0.15, 0.2) is 16.5 Å². The number of hydrogen-bond acceptors (Lipinski definition) is 6. The molecule has 104 valence electrons. The minimum Gasteiger partial charge on any atom is -0.468 e. The number of carbonyl (C=O) groups excluding carboxylic acids is 1. The van der Waals surface area contributed by atoms with E-state index in [1.54, 1.807) is 6.07 Å². The van der Waals surface area contributed by atoms with Crippen LogP contribution in [0, 0.1) is 10.1 Å². The first kappa shape index (κ1) is 13.5. The van der Waals surface area contributed by atoms with Gasteiger partial charge in [-0.25, -0.2) is 0 Å². The number of nitro groups is 1. The molecule has 7 nitrogen and oxygen atoms in total. The summed E-state index contributed by atoms with van der Waals surface area (Å²) in [5.41, 5.74) is 0. The molecule has 0 aromatic carbocycles. The second-order valence-electron chi connectivity index (χ2n) is 4.50. The topological polar surface area (TPSA) is 85.8 Å². The SMILES string of the molecule is COC(=O)C1CCCCN1Cc1ccc([N+](=O)[O-])o1. The van der Waals surface area contributed by atoms with Gasteiger partial charge in [0.25, 0.3) is 0 Å². The number of methoxy groups -OCH3 is 1. The molecule has 0 radical (unpaired) electrons. The van der Waals surface area contributed by atoms with Gasteiger partial charge in [0.1, 0.15) is 16.7 Å². The number of carbonyl (C=O) groups is 1. The number of nitrogens with zero attached hydrogens (tertiary/aromatic N) is 2. The van der Waals surface area contributed by atoms with Gasteiger partial charge in [0.05, 0.1) is 19.7 Å². The lowest BCUT2D eigenvalue weighted by Crippen LogP contribution is -2.44. The van der Waals surface area contributed by atoms with Crippen molar-refractivity contribution in [3.8, 4) is 0 Å². The zero-order valence-electron chi connectivity index (χ0n) is 10.7. The van der Waals surface area contributed by atoms with Crippen LogP contribution in [0.3, 0.4) is 0 Å². The molecule has 0 bridgehead atoms. The average Bonchev–Trinajstić information content (AvgIpc) is 2.87. The van der Waals surface area contributed by atoms with Gasteiger partial charge in [0, 0.05) is 0 Å². The zero-order valence-corrected chi connectivity index (χ0v) is 10.7. The van der Waals surface area contributed by atoms with Crippen LogP contribution in [-0.2, 0) is 16.1 Å². The van der Waals surface area contributed by atoms with E-state index >= 15 is 0 Å². The normalized spacial score (nSPS) is 20.2. The van der Waals surface area contributed by atoms with Crippen molar-refractivity contribution in [3.05, 3.63) is 28.0 Å². The van der Waals surface area contributed by atoms with Gasteiger partial charge in [-0.2, -0.15) is 0 Å². The van der Waals surface area contributed by atoms with Crippen molar-refractivity contribution in [1.29, 1.82) is 0 Å². The van der Waals surface area contributed by atoms with E-state index in [0.29, 0.717) is 12.3 Å². The molecule has 2 rings (SSSR count). The third kappa shape index (κ3) is 3.11. The fourth-order valence-corrected chi connectivity index (χ4v) is 2.33. The Morgan fingerprint density at radius 1 is 1.58 bits per heavy atom. The minimum absolute atomic E-state index is 0.263. The van der Waals surface area contributed by atoms with Gasteiger partial charge in [0.2, 0.25) is 0 Å². The molecule has 1 aromatic rings. The number of furan rings is 1. The average molecular weight is 268 g/mol. The van der Waals surface area contributed by atoms with Crippen LogP contribution in [0.2, 0.25) is 0 Å². The second kappa shape index (κ2) is 5.83. The molecule has 0 aliphatic carbocycles. The Morgan fingerprint density at radius 3 is 3.00 bits per heavy atom. The Labute approximate surface area is 110 Å². The molecule has 1 aliphatic heterocycles. The van der Waals surface area contributed by atoms with Gasteiger partial charge in [0.15, 0.2) is 0 Å². The summed E-state index contributed by atoms with van der Waals surface area (Å²) in [4.78, 5) is 23.6. The van der Waals surface area contributed by atoms with Gasteiger partial charge >= 0.3 is 11.9 Å². The van der Waals surface area contributed by atoms with Crippen molar-refractivity contribution in [2.24, 2.45) is 0 Å². The first-order valence-corrected chi connectivity index (χ1v) is 6.17. The molecule has 1 atom stereocenters. The van der Waals surface area contributed by atoms with Crippen LogP contribution in [-0.4, -0.2) is 35.5 Å². The molecule has 19 heavy (non-hydrogen) atoms.